The van der Waals surface area contributed by atoms with Gasteiger partial charge in [0.15, 0.2) is 0 Å². The van der Waals surface area contributed by atoms with Gasteiger partial charge in [0, 0.05) is 18.6 Å². The average molecular weight is 501 g/mol. The van der Waals surface area contributed by atoms with Crippen LogP contribution in [0.4, 0.5) is 17.6 Å². The molecule has 3 aliphatic heterocycles. The molecule has 2 aromatic carbocycles. The second-order valence-electron chi connectivity index (χ2n) is 11.4. The Bertz CT molecular complexity index is 1150. The fourth-order valence-electron chi connectivity index (χ4n) is 7.60. The van der Waals surface area contributed by atoms with Crippen LogP contribution in [0.15, 0.2) is 42.5 Å². The van der Waals surface area contributed by atoms with Crippen LogP contribution in [-0.2, 0) is 23.9 Å². The van der Waals surface area contributed by atoms with Crippen molar-refractivity contribution in [3.05, 3.63) is 70.5 Å². The first-order valence-electron chi connectivity index (χ1n) is 13.2. The molecule has 1 saturated carbocycles. The molecule has 0 radical (unpaired) electrons. The van der Waals surface area contributed by atoms with Gasteiger partial charge in [0.2, 0.25) is 5.91 Å². The number of rotatable bonds is 2. The van der Waals surface area contributed by atoms with E-state index in [4.69, 9.17) is 0 Å². The zero-order valence-corrected chi connectivity index (χ0v) is 20.5. The summed E-state index contributed by atoms with van der Waals surface area (Å²) in [6, 6.07) is 11.3. The second-order valence-corrected chi connectivity index (χ2v) is 11.4. The van der Waals surface area contributed by atoms with Gasteiger partial charge in [0.1, 0.15) is 5.82 Å². The van der Waals surface area contributed by atoms with Crippen LogP contribution in [0.25, 0.3) is 0 Å². The Hall–Kier alpha value is -2.41. The molecule has 3 heterocycles. The maximum Gasteiger partial charge on any atom is 0.416 e. The minimum atomic E-state index is -4.38. The van der Waals surface area contributed by atoms with E-state index in [0.29, 0.717) is 23.9 Å². The molecule has 4 atom stereocenters. The maximum absolute atomic E-state index is 13.8. The molecule has 0 N–H and O–H groups in total. The lowest BCUT2D eigenvalue weighted by Crippen LogP contribution is -2.42. The number of alkyl halides is 3. The third-order valence-electron chi connectivity index (χ3n) is 9.75. The van der Waals surface area contributed by atoms with Crippen LogP contribution in [0.1, 0.15) is 67.2 Å². The summed E-state index contributed by atoms with van der Waals surface area (Å²) in [7, 11) is 0. The van der Waals surface area contributed by atoms with Crippen molar-refractivity contribution in [3.63, 3.8) is 0 Å². The second kappa shape index (κ2) is 8.57. The molecule has 192 valence electrons. The van der Waals surface area contributed by atoms with Crippen molar-refractivity contribution < 1.29 is 22.4 Å². The highest BCUT2D eigenvalue weighted by molar-refractivity contribution is 5.87. The third-order valence-corrected chi connectivity index (χ3v) is 9.75. The zero-order chi connectivity index (χ0) is 25.2. The lowest BCUT2D eigenvalue weighted by molar-refractivity contribution is -0.138. The Morgan fingerprint density at radius 1 is 0.972 bits per heavy atom. The molecule has 2 saturated heterocycles. The van der Waals surface area contributed by atoms with Crippen molar-refractivity contribution in [3.8, 4) is 0 Å². The summed E-state index contributed by atoms with van der Waals surface area (Å²) in [5.74, 6) is 0.565. The lowest BCUT2D eigenvalue weighted by Gasteiger charge is -2.37. The summed E-state index contributed by atoms with van der Waals surface area (Å²) < 4.78 is 53.1. The van der Waals surface area contributed by atoms with Crippen LogP contribution in [0, 0.1) is 17.2 Å². The van der Waals surface area contributed by atoms with E-state index < -0.39 is 17.2 Å². The van der Waals surface area contributed by atoms with E-state index >= 15 is 0 Å². The van der Waals surface area contributed by atoms with Crippen LogP contribution >= 0.6 is 0 Å². The molecule has 6 rings (SSSR count). The predicted octanol–water partition coefficient (Wildman–Crippen LogP) is 6.17. The number of amides is 1. The Morgan fingerprint density at radius 3 is 2.39 bits per heavy atom. The van der Waals surface area contributed by atoms with Gasteiger partial charge in [0.25, 0.3) is 0 Å². The van der Waals surface area contributed by atoms with Crippen molar-refractivity contribution in [2.24, 2.45) is 11.3 Å². The van der Waals surface area contributed by atoms with Crippen molar-refractivity contribution in [2.45, 2.75) is 76.2 Å². The number of carbonyl (C=O) groups is 1. The molecule has 1 spiro atoms. The van der Waals surface area contributed by atoms with E-state index in [0.717, 1.165) is 50.8 Å². The first kappa shape index (κ1) is 24.0. The Labute approximate surface area is 209 Å². The van der Waals surface area contributed by atoms with E-state index in [1.165, 1.54) is 29.8 Å². The van der Waals surface area contributed by atoms with Gasteiger partial charge in [-0.25, -0.2) is 4.39 Å². The molecule has 1 aliphatic carbocycles. The van der Waals surface area contributed by atoms with Gasteiger partial charge in [-0.05, 0) is 104 Å². The van der Waals surface area contributed by atoms with Crippen molar-refractivity contribution >= 4 is 5.91 Å². The predicted molar refractivity (Wildman–Crippen MR) is 129 cm³/mol. The number of halogens is 4. The minimum Gasteiger partial charge on any atom is -0.334 e. The van der Waals surface area contributed by atoms with Crippen molar-refractivity contribution in [1.82, 2.24) is 9.80 Å². The molecule has 0 bridgehead atoms. The molecule has 2 aromatic rings. The molecule has 1 amide bonds. The maximum atomic E-state index is 13.8. The minimum absolute atomic E-state index is 0.0599. The largest absolute Gasteiger partial charge is 0.416 e. The molecule has 3 fully saturated rings. The Balaban J connectivity index is 1.14. The molecule has 4 aliphatic rings. The molecular formula is C29H32F4N2O. The number of piperidine rings is 1. The number of benzene rings is 2. The third kappa shape index (κ3) is 3.85. The molecule has 7 heteroatoms. The van der Waals surface area contributed by atoms with Crippen molar-refractivity contribution in [1.29, 1.82) is 0 Å². The van der Waals surface area contributed by atoms with E-state index in [1.807, 2.05) is 17.0 Å². The van der Waals surface area contributed by atoms with Gasteiger partial charge in [0.05, 0.1) is 11.0 Å². The van der Waals surface area contributed by atoms with Crippen LogP contribution < -0.4 is 0 Å². The van der Waals surface area contributed by atoms with Crippen LogP contribution in [0.2, 0.25) is 0 Å². The summed E-state index contributed by atoms with van der Waals surface area (Å²) in [5, 5.41) is 0. The van der Waals surface area contributed by atoms with Gasteiger partial charge in [-0.1, -0.05) is 25.1 Å². The fraction of sp³-hybridized carbons (Fsp3) is 0.552. The SMILES string of the molecule is CC1C2Cc3ccc(C(F)(F)F)cc3CN2C(=O)[C@]12CC[C@@H](N1CCC(c3ccc(F)cc3)CC1)C2. The first-order chi connectivity index (χ1) is 17.2. The van der Waals surface area contributed by atoms with Crippen LogP contribution in [0.3, 0.4) is 0 Å². The number of hydrogen-bond donors (Lipinski definition) is 0. The van der Waals surface area contributed by atoms with E-state index in [-0.39, 0.29) is 30.2 Å². The van der Waals surface area contributed by atoms with Gasteiger partial charge >= 0.3 is 6.18 Å². The quantitative estimate of drug-likeness (QED) is 0.461. The monoisotopic (exact) mass is 500 g/mol. The molecule has 0 aromatic heterocycles. The number of hydrogen-bond acceptors (Lipinski definition) is 2. The normalized spacial score (nSPS) is 31.2. The van der Waals surface area contributed by atoms with Gasteiger partial charge in [-0.15, -0.1) is 0 Å². The fourth-order valence-corrected chi connectivity index (χ4v) is 7.60. The van der Waals surface area contributed by atoms with Gasteiger partial charge in [-0.2, -0.15) is 13.2 Å². The van der Waals surface area contributed by atoms with E-state index in [2.05, 4.69) is 11.8 Å². The average Bonchev–Trinajstić information content (AvgIpc) is 3.40. The smallest absolute Gasteiger partial charge is 0.334 e. The topological polar surface area (TPSA) is 23.6 Å². The number of likely N-dealkylation sites (tertiary alicyclic amines) is 1. The lowest BCUT2D eigenvalue weighted by atomic mass is 9.73. The summed E-state index contributed by atoms with van der Waals surface area (Å²) in [6.45, 7) is 4.41. The van der Waals surface area contributed by atoms with E-state index in [9.17, 15) is 22.4 Å². The highest BCUT2D eigenvalue weighted by Crippen LogP contribution is 2.55. The van der Waals surface area contributed by atoms with Crippen LogP contribution in [0.5, 0.6) is 0 Å². The summed E-state index contributed by atoms with van der Waals surface area (Å²) >= 11 is 0. The number of carbonyl (C=O) groups excluding carboxylic acids is 1. The van der Waals surface area contributed by atoms with Crippen molar-refractivity contribution in [2.75, 3.05) is 13.1 Å². The first-order valence-corrected chi connectivity index (χ1v) is 13.2. The summed E-state index contributed by atoms with van der Waals surface area (Å²) in [6.07, 6.45) is 1.00. The van der Waals surface area contributed by atoms with E-state index in [1.54, 1.807) is 6.07 Å². The zero-order valence-electron chi connectivity index (χ0n) is 20.5. The molecule has 2 unspecified atom stereocenters. The highest BCUT2D eigenvalue weighted by atomic mass is 19.4. The van der Waals surface area contributed by atoms with Gasteiger partial charge in [-0.3, -0.25) is 4.79 Å². The summed E-state index contributed by atoms with van der Waals surface area (Å²) in [5.41, 5.74) is 1.73. The Morgan fingerprint density at radius 2 is 1.69 bits per heavy atom. The highest BCUT2D eigenvalue weighted by Gasteiger charge is 2.60. The number of nitrogens with zero attached hydrogens (tertiary/aromatic N) is 2. The van der Waals surface area contributed by atoms with Gasteiger partial charge < -0.3 is 9.80 Å². The van der Waals surface area contributed by atoms with Crippen LogP contribution in [-0.4, -0.2) is 40.9 Å². The Kier molecular flexibility index (Phi) is 5.71. The molecule has 3 nitrogen and oxygen atoms in total. The standard InChI is InChI=1S/C29H32F4N2O/c1-18-26-15-21-2-5-23(29(31,32)33)14-22(21)17-35(26)27(36)28(18)11-8-25(16-28)34-12-9-20(10-13-34)19-3-6-24(30)7-4-19/h2-7,14,18,20,25-26H,8-13,15-17H2,1H3/t18?,25-,26?,28+/m1/s1. The number of fused-ring (bicyclic) bond motifs is 2. The molecular weight excluding hydrogens is 468 g/mol. The molecule has 36 heavy (non-hydrogen) atoms. The summed E-state index contributed by atoms with van der Waals surface area (Å²) in [4.78, 5) is 18.2.